The lowest BCUT2D eigenvalue weighted by molar-refractivity contribution is 0.583. The minimum atomic E-state index is 0.950. The molecule has 50 valence electrons. The van der Waals surface area contributed by atoms with Gasteiger partial charge in [-0.15, -0.1) is 5.10 Å². The quantitative estimate of drug-likeness (QED) is 0.667. The molecule has 0 spiro atoms. The van der Waals surface area contributed by atoms with Gasteiger partial charge in [-0.25, -0.2) is 0 Å². The van der Waals surface area contributed by atoms with E-state index in [1.165, 1.54) is 0 Å². The Balaban J connectivity index is 2.30. The van der Waals surface area contributed by atoms with Crippen LogP contribution in [0, 0.1) is 0 Å². The van der Waals surface area contributed by atoms with Gasteiger partial charge in [0.15, 0.2) is 0 Å². The highest BCUT2D eigenvalue weighted by atomic mass is 79.9. The van der Waals surface area contributed by atoms with Crippen LogP contribution in [0.2, 0.25) is 0 Å². The molecular formula is C5H8BrN3. The molecule has 1 rings (SSSR count). The lowest BCUT2D eigenvalue weighted by Gasteiger charge is -1.93. The highest BCUT2D eigenvalue weighted by Crippen LogP contribution is 1.90. The molecule has 0 saturated carbocycles. The first-order chi connectivity index (χ1) is 4.43. The number of hydrogen-bond donors (Lipinski definition) is 0. The summed E-state index contributed by atoms with van der Waals surface area (Å²) >= 11 is 3.33. The molecule has 0 aliphatic rings. The smallest absolute Gasteiger partial charge is 0.0692 e. The SMILES string of the molecule is BrCCCn1ccnn1. The van der Waals surface area contributed by atoms with Gasteiger partial charge in [0.2, 0.25) is 0 Å². The molecule has 4 heteroatoms. The Morgan fingerprint density at radius 1 is 1.56 bits per heavy atom. The van der Waals surface area contributed by atoms with Crippen molar-refractivity contribution in [3.63, 3.8) is 0 Å². The van der Waals surface area contributed by atoms with Gasteiger partial charge >= 0.3 is 0 Å². The van der Waals surface area contributed by atoms with Gasteiger partial charge in [-0.3, -0.25) is 4.68 Å². The fourth-order valence-corrected chi connectivity index (χ4v) is 0.825. The average Bonchev–Trinajstić information content (AvgIpc) is 2.34. The van der Waals surface area contributed by atoms with Crippen molar-refractivity contribution in [2.45, 2.75) is 13.0 Å². The predicted octanol–water partition coefficient (Wildman–Crippen LogP) is 1.06. The van der Waals surface area contributed by atoms with Crippen LogP contribution in [0.1, 0.15) is 6.42 Å². The summed E-state index contributed by atoms with van der Waals surface area (Å²) in [6, 6.07) is 0. The van der Waals surface area contributed by atoms with E-state index in [0.717, 1.165) is 18.3 Å². The molecule has 0 amide bonds. The molecule has 0 N–H and O–H groups in total. The molecule has 0 aliphatic heterocycles. The second-order valence-electron chi connectivity index (χ2n) is 1.71. The highest BCUT2D eigenvalue weighted by molar-refractivity contribution is 9.09. The van der Waals surface area contributed by atoms with Gasteiger partial charge < -0.3 is 0 Å². The van der Waals surface area contributed by atoms with E-state index in [0.29, 0.717) is 0 Å². The minimum Gasteiger partial charge on any atom is -0.253 e. The van der Waals surface area contributed by atoms with E-state index in [9.17, 15) is 0 Å². The third-order valence-electron chi connectivity index (χ3n) is 0.993. The number of aromatic nitrogens is 3. The molecule has 0 aromatic carbocycles. The maximum atomic E-state index is 3.80. The molecule has 0 unspecified atom stereocenters. The van der Waals surface area contributed by atoms with Gasteiger partial charge in [-0.1, -0.05) is 21.1 Å². The van der Waals surface area contributed by atoms with Gasteiger partial charge in [0, 0.05) is 18.1 Å². The van der Waals surface area contributed by atoms with Crippen molar-refractivity contribution in [2.75, 3.05) is 5.33 Å². The van der Waals surface area contributed by atoms with Crippen molar-refractivity contribution in [3.8, 4) is 0 Å². The first-order valence-corrected chi connectivity index (χ1v) is 3.95. The zero-order valence-electron chi connectivity index (χ0n) is 5.00. The van der Waals surface area contributed by atoms with Crippen LogP contribution in [0.15, 0.2) is 12.4 Å². The molecule has 3 nitrogen and oxygen atoms in total. The third-order valence-corrected chi connectivity index (χ3v) is 1.55. The maximum absolute atomic E-state index is 3.80. The topological polar surface area (TPSA) is 30.7 Å². The standard InChI is InChI=1S/C5H8BrN3/c6-2-1-4-9-5-3-7-8-9/h3,5H,1-2,4H2. The van der Waals surface area contributed by atoms with E-state index in [2.05, 4.69) is 26.2 Å². The Hall–Kier alpha value is -0.380. The summed E-state index contributed by atoms with van der Waals surface area (Å²) in [5.41, 5.74) is 0. The summed E-state index contributed by atoms with van der Waals surface area (Å²) in [7, 11) is 0. The Labute approximate surface area is 62.2 Å². The van der Waals surface area contributed by atoms with Crippen LogP contribution in [0.25, 0.3) is 0 Å². The van der Waals surface area contributed by atoms with E-state index >= 15 is 0 Å². The predicted molar refractivity (Wildman–Crippen MR) is 38.4 cm³/mol. The van der Waals surface area contributed by atoms with Crippen LogP contribution in [0.4, 0.5) is 0 Å². The monoisotopic (exact) mass is 189 g/mol. The maximum Gasteiger partial charge on any atom is 0.0692 e. The van der Waals surface area contributed by atoms with E-state index < -0.39 is 0 Å². The summed E-state index contributed by atoms with van der Waals surface area (Å²) < 4.78 is 1.82. The molecule has 0 bridgehead atoms. The molecule has 0 atom stereocenters. The van der Waals surface area contributed by atoms with Crippen LogP contribution in [0.3, 0.4) is 0 Å². The molecule has 0 aliphatic carbocycles. The first kappa shape index (κ1) is 6.74. The van der Waals surface area contributed by atoms with E-state index in [-0.39, 0.29) is 0 Å². The van der Waals surface area contributed by atoms with Gasteiger partial charge in [-0.05, 0) is 6.42 Å². The van der Waals surface area contributed by atoms with Crippen molar-refractivity contribution in [3.05, 3.63) is 12.4 Å². The Morgan fingerprint density at radius 3 is 3.00 bits per heavy atom. The van der Waals surface area contributed by atoms with Crippen molar-refractivity contribution in [1.82, 2.24) is 15.0 Å². The molecule has 0 radical (unpaired) electrons. The fourth-order valence-electron chi connectivity index (χ4n) is 0.574. The summed E-state index contributed by atoms with van der Waals surface area (Å²) in [5.74, 6) is 0. The molecular weight excluding hydrogens is 182 g/mol. The second-order valence-corrected chi connectivity index (χ2v) is 2.50. The number of nitrogens with zero attached hydrogens (tertiary/aromatic N) is 3. The number of halogens is 1. The van der Waals surface area contributed by atoms with Crippen LogP contribution in [0.5, 0.6) is 0 Å². The zero-order chi connectivity index (χ0) is 6.53. The van der Waals surface area contributed by atoms with E-state index in [1.807, 2.05) is 10.9 Å². The van der Waals surface area contributed by atoms with E-state index in [1.54, 1.807) is 6.20 Å². The Bertz CT molecular complexity index is 149. The molecule has 0 saturated heterocycles. The summed E-state index contributed by atoms with van der Waals surface area (Å²) in [5, 5.41) is 8.49. The van der Waals surface area contributed by atoms with Crippen molar-refractivity contribution in [1.29, 1.82) is 0 Å². The molecule has 1 heterocycles. The summed E-state index contributed by atoms with van der Waals surface area (Å²) in [6.07, 6.45) is 4.65. The number of alkyl halides is 1. The first-order valence-electron chi connectivity index (χ1n) is 2.83. The zero-order valence-corrected chi connectivity index (χ0v) is 6.58. The van der Waals surface area contributed by atoms with Crippen molar-refractivity contribution >= 4 is 15.9 Å². The number of hydrogen-bond acceptors (Lipinski definition) is 2. The molecule has 0 fully saturated rings. The van der Waals surface area contributed by atoms with Gasteiger partial charge in [0.05, 0.1) is 6.20 Å². The second kappa shape index (κ2) is 3.61. The highest BCUT2D eigenvalue weighted by Gasteiger charge is 1.87. The largest absolute Gasteiger partial charge is 0.253 e. The van der Waals surface area contributed by atoms with Gasteiger partial charge in [-0.2, -0.15) is 0 Å². The van der Waals surface area contributed by atoms with Crippen LogP contribution < -0.4 is 0 Å². The number of rotatable bonds is 3. The lowest BCUT2D eigenvalue weighted by atomic mass is 10.5. The Kier molecular flexibility index (Phi) is 2.70. The fraction of sp³-hybridized carbons (Fsp3) is 0.600. The van der Waals surface area contributed by atoms with Crippen molar-refractivity contribution in [2.24, 2.45) is 0 Å². The molecule has 1 aromatic rings. The average molecular weight is 190 g/mol. The summed E-state index contributed by atoms with van der Waals surface area (Å²) in [6.45, 7) is 0.950. The number of aryl methyl sites for hydroxylation is 1. The minimum absolute atomic E-state index is 0.950. The molecule has 1 aromatic heterocycles. The van der Waals surface area contributed by atoms with Crippen LogP contribution >= 0.6 is 15.9 Å². The van der Waals surface area contributed by atoms with Crippen LogP contribution in [-0.4, -0.2) is 20.3 Å². The summed E-state index contributed by atoms with van der Waals surface area (Å²) in [4.78, 5) is 0. The Morgan fingerprint density at radius 2 is 2.44 bits per heavy atom. The van der Waals surface area contributed by atoms with Gasteiger partial charge in [0.25, 0.3) is 0 Å². The normalized spacial score (nSPS) is 9.89. The van der Waals surface area contributed by atoms with Crippen LogP contribution in [-0.2, 0) is 6.54 Å². The van der Waals surface area contributed by atoms with Gasteiger partial charge in [0.1, 0.15) is 0 Å². The third kappa shape index (κ3) is 2.13. The lowest BCUT2D eigenvalue weighted by Crippen LogP contribution is -1.98. The van der Waals surface area contributed by atoms with Crippen molar-refractivity contribution < 1.29 is 0 Å². The molecule has 9 heavy (non-hydrogen) atoms. The van der Waals surface area contributed by atoms with E-state index in [4.69, 9.17) is 0 Å².